The summed E-state index contributed by atoms with van der Waals surface area (Å²) in [6.07, 6.45) is 1.38. The fourth-order valence-corrected chi connectivity index (χ4v) is 1.33. The van der Waals surface area contributed by atoms with E-state index in [1.807, 2.05) is 13.8 Å². The van der Waals surface area contributed by atoms with E-state index in [0.717, 1.165) is 0 Å². The van der Waals surface area contributed by atoms with Crippen LogP contribution >= 0.6 is 0 Å². The maximum atomic E-state index is 5.93. The van der Waals surface area contributed by atoms with Gasteiger partial charge >= 0.3 is 0 Å². The van der Waals surface area contributed by atoms with E-state index in [1.54, 1.807) is 6.07 Å². The van der Waals surface area contributed by atoms with Crippen LogP contribution in [0.4, 0.5) is 0 Å². The summed E-state index contributed by atoms with van der Waals surface area (Å²) in [4.78, 5) is 12.2. The molecule has 7 heteroatoms. The minimum absolute atomic E-state index is 0.221. The van der Waals surface area contributed by atoms with Gasteiger partial charge in [-0.1, -0.05) is 19.0 Å². The highest BCUT2D eigenvalue weighted by atomic mass is 16.5. The molecule has 0 saturated carbocycles. The lowest BCUT2D eigenvalue weighted by Gasteiger charge is -2.09. The molecular formula is C11H15N5O2. The van der Waals surface area contributed by atoms with Gasteiger partial charge in [0.15, 0.2) is 0 Å². The Kier molecular flexibility index (Phi) is 3.52. The molecule has 1 unspecified atom stereocenters. The number of nitrogens with two attached hydrogens (primary N) is 1. The quantitative estimate of drug-likeness (QED) is 0.868. The minimum atomic E-state index is -0.282. The third-order valence-corrected chi connectivity index (χ3v) is 2.53. The Labute approximate surface area is 104 Å². The second-order valence-electron chi connectivity index (χ2n) is 4.17. The second kappa shape index (κ2) is 5.09. The fraction of sp³-hybridized carbons (Fsp3) is 0.455. The SMILES string of the molecule is COc1cc(-c2noc(C(N)C(C)C)n2)ncn1. The van der Waals surface area contributed by atoms with Crippen molar-refractivity contribution >= 4 is 0 Å². The van der Waals surface area contributed by atoms with Crippen LogP contribution in [0.25, 0.3) is 11.5 Å². The standard InChI is InChI=1S/C11H15N5O2/c1-6(2)9(12)11-15-10(16-18-11)7-4-8(17-3)14-5-13-7/h4-6,9H,12H2,1-3H3. The number of aromatic nitrogens is 4. The third kappa shape index (κ3) is 2.45. The lowest BCUT2D eigenvalue weighted by Crippen LogP contribution is -2.16. The monoisotopic (exact) mass is 249 g/mol. The minimum Gasteiger partial charge on any atom is -0.481 e. The molecule has 0 aliphatic rings. The number of rotatable bonds is 4. The van der Waals surface area contributed by atoms with Gasteiger partial charge in [0.2, 0.25) is 17.6 Å². The van der Waals surface area contributed by atoms with E-state index in [9.17, 15) is 0 Å². The van der Waals surface area contributed by atoms with Crippen LogP contribution in [-0.2, 0) is 0 Å². The van der Waals surface area contributed by atoms with Crippen LogP contribution in [0.15, 0.2) is 16.9 Å². The highest BCUT2D eigenvalue weighted by Gasteiger charge is 2.19. The average Bonchev–Trinajstić information content (AvgIpc) is 2.87. The average molecular weight is 249 g/mol. The van der Waals surface area contributed by atoms with Gasteiger partial charge in [-0.25, -0.2) is 9.97 Å². The molecule has 2 aromatic heterocycles. The van der Waals surface area contributed by atoms with E-state index in [0.29, 0.717) is 23.3 Å². The number of methoxy groups -OCH3 is 1. The number of nitrogens with zero attached hydrogens (tertiary/aromatic N) is 4. The molecule has 96 valence electrons. The summed E-state index contributed by atoms with van der Waals surface area (Å²) >= 11 is 0. The molecule has 0 aliphatic heterocycles. The zero-order valence-corrected chi connectivity index (χ0v) is 10.5. The van der Waals surface area contributed by atoms with Gasteiger partial charge < -0.3 is 15.0 Å². The van der Waals surface area contributed by atoms with Gasteiger partial charge in [-0.3, -0.25) is 0 Å². The van der Waals surface area contributed by atoms with Crippen molar-refractivity contribution in [1.82, 2.24) is 20.1 Å². The largest absolute Gasteiger partial charge is 0.481 e. The molecule has 0 bridgehead atoms. The first-order valence-electron chi connectivity index (χ1n) is 5.57. The van der Waals surface area contributed by atoms with Crippen molar-refractivity contribution in [2.45, 2.75) is 19.9 Å². The summed E-state index contributed by atoms with van der Waals surface area (Å²) in [7, 11) is 1.53. The van der Waals surface area contributed by atoms with Crippen molar-refractivity contribution in [2.24, 2.45) is 11.7 Å². The number of hydrogen-bond acceptors (Lipinski definition) is 7. The summed E-state index contributed by atoms with van der Waals surface area (Å²) in [6, 6.07) is 1.35. The first kappa shape index (κ1) is 12.4. The Hall–Kier alpha value is -2.02. The van der Waals surface area contributed by atoms with Crippen LogP contribution in [0.1, 0.15) is 25.8 Å². The van der Waals surface area contributed by atoms with Gasteiger partial charge in [-0.05, 0) is 5.92 Å². The highest BCUT2D eigenvalue weighted by molar-refractivity contribution is 5.49. The molecule has 0 aromatic carbocycles. The Morgan fingerprint density at radius 2 is 2.11 bits per heavy atom. The maximum absolute atomic E-state index is 5.93. The van der Waals surface area contributed by atoms with Gasteiger partial charge in [-0.15, -0.1) is 0 Å². The van der Waals surface area contributed by atoms with Crippen molar-refractivity contribution in [1.29, 1.82) is 0 Å². The van der Waals surface area contributed by atoms with Gasteiger partial charge in [-0.2, -0.15) is 4.98 Å². The first-order valence-corrected chi connectivity index (χ1v) is 5.57. The summed E-state index contributed by atoms with van der Waals surface area (Å²) in [6.45, 7) is 3.98. The van der Waals surface area contributed by atoms with E-state index >= 15 is 0 Å². The van der Waals surface area contributed by atoms with Crippen molar-refractivity contribution < 1.29 is 9.26 Å². The summed E-state index contributed by atoms with van der Waals surface area (Å²) in [5, 5.41) is 3.85. The van der Waals surface area contributed by atoms with E-state index in [2.05, 4.69) is 20.1 Å². The molecule has 0 radical (unpaired) electrons. The Morgan fingerprint density at radius 3 is 2.78 bits per heavy atom. The smallest absolute Gasteiger partial charge is 0.244 e. The molecule has 0 saturated heterocycles. The van der Waals surface area contributed by atoms with E-state index in [-0.39, 0.29) is 12.0 Å². The molecule has 0 amide bonds. The molecule has 2 rings (SSSR count). The summed E-state index contributed by atoms with van der Waals surface area (Å²) < 4.78 is 10.1. The Morgan fingerprint density at radius 1 is 1.33 bits per heavy atom. The topological polar surface area (TPSA) is 100.0 Å². The molecule has 2 N–H and O–H groups in total. The Bertz CT molecular complexity index is 526. The van der Waals surface area contributed by atoms with Crippen LogP contribution in [0, 0.1) is 5.92 Å². The molecule has 0 fully saturated rings. The zero-order valence-electron chi connectivity index (χ0n) is 10.5. The van der Waals surface area contributed by atoms with Crippen molar-refractivity contribution in [2.75, 3.05) is 7.11 Å². The van der Waals surface area contributed by atoms with Crippen molar-refractivity contribution in [3.8, 4) is 17.4 Å². The lowest BCUT2D eigenvalue weighted by molar-refractivity contribution is 0.325. The maximum Gasteiger partial charge on any atom is 0.244 e. The highest BCUT2D eigenvalue weighted by Crippen LogP contribution is 2.21. The number of hydrogen-bond donors (Lipinski definition) is 1. The van der Waals surface area contributed by atoms with Gasteiger partial charge in [0.1, 0.15) is 12.0 Å². The predicted molar refractivity (Wildman–Crippen MR) is 63.6 cm³/mol. The van der Waals surface area contributed by atoms with Crippen molar-refractivity contribution in [3.63, 3.8) is 0 Å². The molecule has 2 aromatic rings. The van der Waals surface area contributed by atoms with Gasteiger partial charge in [0.05, 0.1) is 13.2 Å². The predicted octanol–water partition coefficient (Wildman–Crippen LogP) is 1.19. The van der Waals surface area contributed by atoms with Crippen LogP contribution in [0.5, 0.6) is 5.88 Å². The lowest BCUT2D eigenvalue weighted by atomic mass is 10.1. The molecule has 7 nitrogen and oxygen atoms in total. The third-order valence-electron chi connectivity index (χ3n) is 2.53. The van der Waals surface area contributed by atoms with Crippen LogP contribution in [0.2, 0.25) is 0 Å². The second-order valence-corrected chi connectivity index (χ2v) is 4.17. The fourth-order valence-electron chi connectivity index (χ4n) is 1.33. The van der Waals surface area contributed by atoms with Crippen LogP contribution < -0.4 is 10.5 Å². The first-order chi connectivity index (χ1) is 8.61. The van der Waals surface area contributed by atoms with Crippen molar-refractivity contribution in [3.05, 3.63) is 18.3 Å². The molecule has 1 atom stereocenters. The van der Waals surface area contributed by atoms with Gasteiger partial charge in [0, 0.05) is 6.07 Å². The molecule has 0 aliphatic carbocycles. The van der Waals surface area contributed by atoms with E-state index < -0.39 is 0 Å². The number of ether oxygens (including phenoxy) is 1. The zero-order chi connectivity index (χ0) is 13.1. The molecule has 2 heterocycles. The molecular weight excluding hydrogens is 234 g/mol. The van der Waals surface area contributed by atoms with E-state index in [4.69, 9.17) is 15.0 Å². The van der Waals surface area contributed by atoms with Crippen LogP contribution in [0.3, 0.4) is 0 Å². The molecule has 0 spiro atoms. The molecule has 18 heavy (non-hydrogen) atoms. The van der Waals surface area contributed by atoms with E-state index in [1.165, 1.54) is 13.4 Å². The van der Waals surface area contributed by atoms with Gasteiger partial charge in [0.25, 0.3) is 0 Å². The van der Waals surface area contributed by atoms with Crippen LogP contribution in [-0.4, -0.2) is 27.2 Å². The summed E-state index contributed by atoms with van der Waals surface area (Å²) in [5.74, 6) is 1.44. The Balaban J connectivity index is 2.29. The normalized spacial score (nSPS) is 12.7. The summed E-state index contributed by atoms with van der Waals surface area (Å²) in [5.41, 5.74) is 6.47.